The van der Waals surface area contributed by atoms with E-state index in [1.54, 1.807) is 20.3 Å². The molecule has 1 amide bonds. The van der Waals surface area contributed by atoms with Gasteiger partial charge in [0.2, 0.25) is 5.91 Å². The van der Waals surface area contributed by atoms with Crippen LogP contribution in [0, 0.1) is 0 Å². The predicted molar refractivity (Wildman–Crippen MR) is 90.7 cm³/mol. The van der Waals surface area contributed by atoms with Crippen LogP contribution < -0.4 is 15.4 Å². The fraction of sp³-hybridized carbons (Fsp3) is 0.278. The topological polar surface area (TPSA) is 59.6 Å². The average molecular weight is 314 g/mol. The zero-order valence-corrected chi connectivity index (χ0v) is 13.4. The van der Waals surface area contributed by atoms with Gasteiger partial charge in [-0.15, -0.1) is 0 Å². The van der Waals surface area contributed by atoms with Gasteiger partial charge in [0.1, 0.15) is 11.8 Å². The summed E-state index contributed by atoms with van der Waals surface area (Å²) in [6.07, 6.45) is 0. The quantitative estimate of drug-likeness (QED) is 0.735. The molecule has 0 aliphatic heterocycles. The second-order valence-electron chi connectivity index (χ2n) is 5.01. The van der Waals surface area contributed by atoms with E-state index in [-0.39, 0.29) is 5.91 Å². The highest BCUT2D eigenvalue weighted by atomic mass is 16.5. The Morgan fingerprint density at radius 3 is 2.57 bits per heavy atom. The Morgan fingerprint density at radius 1 is 1.09 bits per heavy atom. The summed E-state index contributed by atoms with van der Waals surface area (Å²) in [5.74, 6) is 0.576. The molecule has 1 atom stereocenters. The maximum Gasteiger partial charge on any atom is 0.246 e. The molecule has 0 spiro atoms. The molecule has 1 unspecified atom stereocenters. The number of nitrogens with one attached hydrogen (secondary N) is 2. The van der Waals surface area contributed by atoms with Crippen LogP contribution in [0.4, 0.5) is 5.69 Å². The van der Waals surface area contributed by atoms with Crippen molar-refractivity contribution in [3.05, 3.63) is 60.2 Å². The maximum atomic E-state index is 12.7. The molecule has 0 aliphatic carbocycles. The van der Waals surface area contributed by atoms with Crippen molar-refractivity contribution < 1.29 is 14.3 Å². The smallest absolute Gasteiger partial charge is 0.246 e. The Morgan fingerprint density at radius 2 is 1.87 bits per heavy atom. The number of carbonyl (C=O) groups is 1. The summed E-state index contributed by atoms with van der Waals surface area (Å²) < 4.78 is 10.2. The van der Waals surface area contributed by atoms with Crippen molar-refractivity contribution in [3.63, 3.8) is 0 Å². The minimum atomic E-state index is -0.447. The lowest BCUT2D eigenvalue weighted by Gasteiger charge is -2.19. The van der Waals surface area contributed by atoms with E-state index in [4.69, 9.17) is 9.47 Å². The van der Waals surface area contributed by atoms with Gasteiger partial charge in [-0.05, 0) is 17.7 Å². The third-order valence-corrected chi connectivity index (χ3v) is 3.39. The number of methoxy groups -OCH3 is 2. The Labute approximate surface area is 136 Å². The van der Waals surface area contributed by atoms with Crippen molar-refractivity contribution in [2.45, 2.75) is 6.04 Å². The first-order valence-electron chi connectivity index (χ1n) is 7.47. The van der Waals surface area contributed by atoms with Crippen molar-refractivity contribution in [1.82, 2.24) is 5.32 Å². The van der Waals surface area contributed by atoms with Crippen LogP contribution in [0.3, 0.4) is 0 Å². The summed E-state index contributed by atoms with van der Waals surface area (Å²) in [4.78, 5) is 12.7. The van der Waals surface area contributed by atoms with Crippen LogP contribution >= 0.6 is 0 Å². The predicted octanol–water partition coefficient (Wildman–Crippen LogP) is 2.61. The van der Waals surface area contributed by atoms with E-state index in [2.05, 4.69) is 10.6 Å². The standard InChI is InChI=1S/C18H22N2O3/c1-22-12-11-19-17(14-7-4-3-5-8-14)18(21)20-15-9-6-10-16(13-15)23-2/h3-10,13,17,19H,11-12H2,1-2H3,(H,20,21). The monoisotopic (exact) mass is 314 g/mol. The van der Waals surface area contributed by atoms with Gasteiger partial charge in [-0.25, -0.2) is 0 Å². The Balaban J connectivity index is 2.12. The van der Waals surface area contributed by atoms with E-state index < -0.39 is 6.04 Å². The highest BCUT2D eigenvalue weighted by Crippen LogP contribution is 2.19. The Bertz CT molecular complexity index is 617. The molecule has 0 fully saturated rings. The normalized spacial score (nSPS) is 11.7. The molecule has 5 heteroatoms. The highest BCUT2D eigenvalue weighted by molar-refractivity contribution is 5.95. The molecule has 2 aromatic carbocycles. The zero-order valence-electron chi connectivity index (χ0n) is 13.4. The van der Waals surface area contributed by atoms with Crippen molar-refractivity contribution in [1.29, 1.82) is 0 Å². The molecule has 0 saturated heterocycles. The summed E-state index contributed by atoms with van der Waals surface area (Å²) in [7, 11) is 3.23. The van der Waals surface area contributed by atoms with Crippen LogP contribution in [0.1, 0.15) is 11.6 Å². The molecule has 2 aromatic rings. The summed E-state index contributed by atoms with van der Waals surface area (Å²) >= 11 is 0. The van der Waals surface area contributed by atoms with Gasteiger partial charge >= 0.3 is 0 Å². The number of amides is 1. The van der Waals surface area contributed by atoms with Gasteiger partial charge in [0.25, 0.3) is 0 Å². The lowest BCUT2D eigenvalue weighted by atomic mass is 10.1. The fourth-order valence-electron chi connectivity index (χ4n) is 2.23. The average Bonchev–Trinajstić information content (AvgIpc) is 2.59. The number of benzene rings is 2. The number of ether oxygens (including phenoxy) is 2. The minimum absolute atomic E-state index is 0.124. The lowest BCUT2D eigenvalue weighted by Crippen LogP contribution is -2.34. The molecular weight excluding hydrogens is 292 g/mol. The Kier molecular flexibility index (Phi) is 6.59. The van der Waals surface area contributed by atoms with Crippen molar-refractivity contribution >= 4 is 11.6 Å². The van der Waals surface area contributed by atoms with E-state index >= 15 is 0 Å². The zero-order chi connectivity index (χ0) is 16.5. The summed E-state index contributed by atoms with van der Waals surface area (Å²) in [6, 6.07) is 16.5. The SMILES string of the molecule is COCCNC(C(=O)Nc1cccc(OC)c1)c1ccccc1. The van der Waals surface area contributed by atoms with Crippen molar-refractivity contribution in [3.8, 4) is 5.75 Å². The molecule has 0 saturated carbocycles. The molecule has 23 heavy (non-hydrogen) atoms. The first-order chi connectivity index (χ1) is 11.2. The third kappa shape index (κ3) is 5.09. The molecule has 0 heterocycles. The van der Waals surface area contributed by atoms with Gasteiger partial charge in [-0.3, -0.25) is 10.1 Å². The van der Waals surface area contributed by atoms with E-state index in [0.717, 1.165) is 5.56 Å². The van der Waals surface area contributed by atoms with Gasteiger partial charge in [0, 0.05) is 25.4 Å². The fourth-order valence-corrected chi connectivity index (χ4v) is 2.23. The van der Waals surface area contributed by atoms with Gasteiger partial charge in [0.05, 0.1) is 13.7 Å². The number of hydrogen-bond acceptors (Lipinski definition) is 4. The Hall–Kier alpha value is -2.37. The summed E-state index contributed by atoms with van der Waals surface area (Å²) in [5, 5.41) is 6.14. The molecule has 0 bridgehead atoms. The second-order valence-corrected chi connectivity index (χ2v) is 5.01. The van der Waals surface area contributed by atoms with Crippen LogP contribution in [0.2, 0.25) is 0 Å². The molecule has 0 aliphatic rings. The van der Waals surface area contributed by atoms with Crippen LogP contribution in [0.15, 0.2) is 54.6 Å². The van der Waals surface area contributed by atoms with Gasteiger partial charge in [-0.1, -0.05) is 36.4 Å². The molecular formula is C18H22N2O3. The van der Waals surface area contributed by atoms with Gasteiger partial charge in [-0.2, -0.15) is 0 Å². The first kappa shape index (κ1) is 17.0. The summed E-state index contributed by atoms with van der Waals surface area (Å²) in [5.41, 5.74) is 1.60. The molecule has 0 radical (unpaired) electrons. The van der Waals surface area contributed by atoms with Crippen molar-refractivity contribution in [2.24, 2.45) is 0 Å². The van der Waals surface area contributed by atoms with Crippen LogP contribution in [-0.2, 0) is 9.53 Å². The molecule has 2 N–H and O–H groups in total. The highest BCUT2D eigenvalue weighted by Gasteiger charge is 2.19. The van der Waals surface area contributed by atoms with E-state index in [0.29, 0.717) is 24.6 Å². The van der Waals surface area contributed by atoms with E-state index in [1.165, 1.54) is 0 Å². The third-order valence-electron chi connectivity index (χ3n) is 3.39. The van der Waals surface area contributed by atoms with Gasteiger partial charge < -0.3 is 14.8 Å². The molecule has 122 valence electrons. The van der Waals surface area contributed by atoms with Crippen LogP contribution in [0.5, 0.6) is 5.75 Å². The number of hydrogen-bond donors (Lipinski definition) is 2. The van der Waals surface area contributed by atoms with E-state index in [1.807, 2.05) is 48.5 Å². The molecule has 2 rings (SSSR count). The minimum Gasteiger partial charge on any atom is -0.497 e. The lowest BCUT2D eigenvalue weighted by molar-refractivity contribution is -0.118. The molecule has 0 aromatic heterocycles. The number of anilines is 1. The van der Waals surface area contributed by atoms with Crippen LogP contribution in [-0.4, -0.2) is 33.3 Å². The van der Waals surface area contributed by atoms with E-state index in [9.17, 15) is 4.79 Å². The maximum absolute atomic E-state index is 12.7. The van der Waals surface area contributed by atoms with Gasteiger partial charge in [0.15, 0.2) is 0 Å². The summed E-state index contributed by atoms with van der Waals surface area (Å²) in [6.45, 7) is 1.12. The van der Waals surface area contributed by atoms with Crippen molar-refractivity contribution in [2.75, 3.05) is 32.7 Å². The molecule has 5 nitrogen and oxygen atoms in total. The number of rotatable bonds is 8. The largest absolute Gasteiger partial charge is 0.497 e. The van der Waals surface area contributed by atoms with Crippen LogP contribution in [0.25, 0.3) is 0 Å². The first-order valence-corrected chi connectivity index (χ1v) is 7.47. The second kappa shape index (κ2) is 8.92. The number of carbonyl (C=O) groups excluding carboxylic acids is 1.